The molecule has 3 aromatic carbocycles. The predicted molar refractivity (Wildman–Crippen MR) is 135 cm³/mol. The molecular formula is C26H20N4O3S. The quantitative estimate of drug-likeness (QED) is 0.293. The fourth-order valence-electron chi connectivity index (χ4n) is 3.48. The molecule has 2 heterocycles. The van der Waals surface area contributed by atoms with Gasteiger partial charge in [0.1, 0.15) is 11.6 Å². The number of ether oxygens (including phenoxy) is 1. The largest absolute Gasteiger partial charge is 0.497 e. The van der Waals surface area contributed by atoms with E-state index in [1.54, 1.807) is 37.4 Å². The van der Waals surface area contributed by atoms with E-state index in [9.17, 15) is 9.59 Å². The maximum Gasteiger partial charge on any atom is 0.265 e. The zero-order valence-electron chi connectivity index (χ0n) is 18.2. The van der Waals surface area contributed by atoms with Crippen molar-refractivity contribution in [3.63, 3.8) is 0 Å². The van der Waals surface area contributed by atoms with Crippen molar-refractivity contribution in [3.8, 4) is 17.1 Å². The third-order valence-electron chi connectivity index (χ3n) is 5.25. The maximum absolute atomic E-state index is 12.5. The number of aromatic nitrogens is 2. The van der Waals surface area contributed by atoms with Crippen LogP contribution in [0.1, 0.15) is 20.0 Å². The Morgan fingerprint density at radius 2 is 1.62 bits per heavy atom. The summed E-state index contributed by atoms with van der Waals surface area (Å²) in [7, 11) is 1.59. The van der Waals surface area contributed by atoms with Gasteiger partial charge in [0.25, 0.3) is 11.8 Å². The van der Waals surface area contributed by atoms with Crippen molar-refractivity contribution in [2.24, 2.45) is 0 Å². The summed E-state index contributed by atoms with van der Waals surface area (Å²) in [5.41, 5.74) is 4.40. The second-order valence-corrected chi connectivity index (χ2v) is 8.46. The van der Waals surface area contributed by atoms with E-state index in [2.05, 4.69) is 20.6 Å². The highest BCUT2D eigenvalue weighted by Gasteiger charge is 2.11. The fourth-order valence-corrected chi connectivity index (χ4v) is 4.10. The molecule has 0 aliphatic heterocycles. The molecule has 0 aliphatic rings. The van der Waals surface area contributed by atoms with Crippen LogP contribution in [0.2, 0.25) is 0 Å². The van der Waals surface area contributed by atoms with E-state index < -0.39 is 0 Å². The second kappa shape index (κ2) is 9.21. The molecule has 0 bridgehead atoms. The molecule has 0 atom stereocenters. The number of nitrogens with zero attached hydrogens (tertiary/aromatic N) is 1. The van der Waals surface area contributed by atoms with Gasteiger partial charge in [0.15, 0.2) is 0 Å². The Kier molecular flexibility index (Phi) is 5.80. The Balaban J connectivity index is 1.29. The van der Waals surface area contributed by atoms with Crippen molar-refractivity contribution in [1.82, 2.24) is 9.97 Å². The number of hydrogen-bond donors (Lipinski definition) is 3. The zero-order chi connectivity index (χ0) is 23.5. The number of hydrogen-bond acceptors (Lipinski definition) is 5. The number of rotatable bonds is 6. The number of carbonyl (C=O) groups is 2. The average molecular weight is 469 g/mol. The Morgan fingerprint density at radius 1 is 0.882 bits per heavy atom. The molecule has 0 fully saturated rings. The van der Waals surface area contributed by atoms with E-state index in [0.29, 0.717) is 33.4 Å². The summed E-state index contributed by atoms with van der Waals surface area (Å²) >= 11 is 1.40. The maximum atomic E-state index is 12.5. The van der Waals surface area contributed by atoms with Crippen molar-refractivity contribution in [2.75, 3.05) is 17.7 Å². The van der Waals surface area contributed by atoms with Gasteiger partial charge < -0.3 is 20.4 Å². The van der Waals surface area contributed by atoms with Crippen LogP contribution in [0.3, 0.4) is 0 Å². The van der Waals surface area contributed by atoms with Gasteiger partial charge in [-0.25, -0.2) is 4.98 Å². The smallest absolute Gasteiger partial charge is 0.265 e. The molecule has 5 aromatic rings. The van der Waals surface area contributed by atoms with Gasteiger partial charge in [-0.2, -0.15) is 0 Å². The number of fused-ring (bicyclic) bond motifs is 1. The van der Waals surface area contributed by atoms with E-state index in [-0.39, 0.29) is 11.8 Å². The van der Waals surface area contributed by atoms with Gasteiger partial charge in [-0.05, 0) is 78.2 Å². The van der Waals surface area contributed by atoms with Crippen LogP contribution in [-0.4, -0.2) is 28.9 Å². The highest BCUT2D eigenvalue weighted by atomic mass is 32.1. The SMILES string of the molecule is COc1ccc(C(=O)Nc2ccc(-c3nc4ccc(NC(=O)c5cccs5)cc4[nH]3)cc2)cc1. The number of nitrogens with one attached hydrogen (secondary N) is 3. The van der Waals surface area contributed by atoms with Gasteiger partial charge in [-0.15, -0.1) is 11.3 Å². The summed E-state index contributed by atoms with van der Waals surface area (Å²) in [6.45, 7) is 0. The first kappa shape index (κ1) is 21.4. The van der Waals surface area contributed by atoms with Gasteiger partial charge >= 0.3 is 0 Å². The van der Waals surface area contributed by atoms with E-state index in [1.807, 2.05) is 53.9 Å². The normalized spacial score (nSPS) is 10.7. The Hall–Kier alpha value is -4.43. The minimum absolute atomic E-state index is 0.138. The van der Waals surface area contributed by atoms with Crippen molar-refractivity contribution < 1.29 is 14.3 Å². The highest BCUT2D eigenvalue weighted by Crippen LogP contribution is 2.25. The molecule has 0 radical (unpaired) electrons. The molecule has 5 rings (SSSR count). The van der Waals surface area contributed by atoms with Crippen LogP contribution >= 0.6 is 11.3 Å². The van der Waals surface area contributed by atoms with Crippen molar-refractivity contribution in [1.29, 1.82) is 0 Å². The van der Waals surface area contributed by atoms with Crippen molar-refractivity contribution >= 4 is 45.6 Å². The van der Waals surface area contributed by atoms with E-state index in [4.69, 9.17) is 4.74 Å². The summed E-state index contributed by atoms with van der Waals surface area (Å²) < 4.78 is 5.12. The highest BCUT2D eigenvalue weighted by molar-refractivity contribution is 7.12. The molecule has 8 heteroatoms. The number of benzene rings is 3. The molecule has 0 aliphatic carbocycles. The Morgan fingerprint density at radius 3 is 2.32 bits per heavy atom. The molecule has 2 aromatic heterocycles. The number of aromatic amines is 1. The number of anilines is 2. The molecule has 0 unspecified atom stereocenters. The fraction of sp³-hybridized carbons (Fsp3) is 0.0385. The van der Waals surface area contributed by atoms with Crippen LogP contribution in [0.4, 0.5) is 11.4 Å². The van der Waals surface area contributed by atoms with Gasteiger partial charge in [-0.3, -0.25) is 9.59 Å². The lowest BCUT2D eigenvalue weighted by Crippen LogP contribution is -2.11. The van der Waals surface area contributed by atoms with Crippen LogP contribution in [0.25, 0.3) is 22.4 Å². The number of imidazole rings is 1. The van der Waals surface area contributed by atoms with Crippen molar-refractivity contribution in [2.45, 2.75) is 0 Å². The Bertz CT molecular complexity index is 1460. The minimum atomic E-state index is -0.198. The monoisotopic (exact) mass is 468 g/mol. The van der Waals surface area contributed by atoms with E-state index >= 15 is 0 Å². The number of methoxy groups -OCH3 is 1. The zero-order valence-corrected chi connectivity index (χ0v) is 19.0. The molecule has 2 amide bonds. The summed E-state index contributed by atoms with van der Waals surface area (Å²) in [5, 5.41) is 7.67. The summed E-state index contributed by atoms with van der Waals surface area (Å²) in [5.74, 6) is 1.06. The minimum Gasteiger partial charge on any atom is -0.497 e. The number of amides is 2. The summed E-state index contributed by atoms with van der Waals surface area (Å²) in [6.07, 6.45) is 0. The van der Waals surface area contributed by atoms with Crippen LogP contribution < -0.4 is 15.4 Å². The molecule has 7 nitrogen and oxygen atoms in total. The van der Waals surface area contributed by atoms with Gasteiger partial charge in [0, 0.05) is 22.5 Å². The first-order chi connectivity index (χ1) is 16.6. The van der Waals surface area contributed by atoms with E-state index in [1.165, 1.54) is 11.3 Å². The molecule has 0 spiro atoms. The number of H-pyrrole nitrogens is 1. The van der Waals surface area contributed by atoms with Crippen LogP contribution in [-0.2, 0) is 0 Å². The van der Waals surface area contributed by atoms with Gasteiger partial charge in [0.05, 0.1) is 23.0 Å². The molecule has 0 saturated carbocycles. The van der Waals surface area contributed by atoms with Crippen LogP contribution in [0.15, 0.2) is 84.2 Å². The third kappa shape index (κ3) is 4.53. The second-order valence-electron chi connectivity index (χ2n) is 7.51. The molecular weight excluding hydrogens is 448 g/mol. The average Bonchev–Trinajstić information content (AvgIpc) is 3.55. The Labute approximate surface area is 199 Å². The molecule has 3 N–H and O–H groups in total. The van der Waals surface area contributed by atoms with E-state index in [0.717, 1.165) is 16.6 Å². The molecule has 0 saturated heterocycles. The summed E-state index contributed by atoms with van der Waals surface area (Å²) in [4.78, 5) is 33.4. The van der Waals surface area contributed by atoms with Gasteiger partial charge in [0.2, 0.25) is 0 Å². The standard InChI is InChI=1S/C26H20N4O3S/c1-33-20-11-6-17(7-12-20)25(31)27-18-8-4-16(5-9-18)24-29-21-13-10-19(15-22(21)30-24)28-26(32)23-3-2-14-34-23/h2-15H,1H3,(H,27,31)(H,28,32)(H,29,30). The summed E-state index contributed by atoms with van der Waals surface area (Å²) in [6, 6.07) is 23.6. The van der Waals surface area contributed by atoms with Crippen LogP contribution in [0.5, 0.6) is 5.75 Å². The lowest BCUT2D eigenvalue weighted by atomic mass is 10.1. The van der Waals surface area contributed by atoms with Crippen molar-refractivity contribution in [3.05, 3.63) is 94.7 Å². The predicted octanol–water partition coefficient (Wildman–Crippen LogP) is 5.80. The molecule has 168 valence electrons. The number of thiophene rings is 1. The topological polar surface area (TPSA) is 96.1 Å². The van der Waals surface area contributed by atoms with Crippen LogP contribution in [0, 0.1) is 0 Å². The number of carbonyl (C=O) groups excluding carboxylic acids is 2. The first-order valence-corrected chi connectivity index (χ1v) is 11.4. The lowest BCUT2D eigenvalue weighted by Gasteiger charge is -2.07. The molecule has 34 heavy (non-hydrogen) atoms. The third-order valence-corrected chi connectivity index (χ3v) is 6.12. The first-order valence-electron chi connectivity index (χ1n) is 10.5. The lowest BCUT2D eigenvalue weighted by molar-refractivity contribution is 0.102. The van der Waals surface area contributed by atoms with Gasteiger partial charge in [-0.1, -0.05) is 6.07 Å².